The molecule has 0 bridgehead atoms. The van der Waals surface area contributed by atoms with Crippen molar-refractivity contribution in [3.8, 4) is 5.75 Å². The fourth-order valence-corrected chi connectivity index (χ4v) is 3.23. The molecule has 0 aliphatic heterocycles. The van der Waals surface area contributed by atoms with Crippen LogP contribution in [0.25, 0.3) is 10.1 Å². The van der Waals surface area contributed by atoms with Crippen molar-refractivity contribution in [2.75, 3.05) is 7.11 Å². The Bertz CT molecular complexity index is 749. The molecule has 0 amide bonds. The lowest BCUT2D eigenvalue weighted by Crippen LogP contribution is -1.91. The third kappa shape index (κ3) is 3.54. The Morgan fingerprint density at radius 3 is 1.57 bits per heavy atom. The zero-order chi connectivity index (χ0) is 16.1. The minimum Gasteiger partial charge on any atom is -0.497 e. The number of benzene rings is 3. The molecule has 0 N–H and O–H groups in total. The Morgan fingerprint density at radius 1 is 0.652 bits per heavy atom. The van der Waals surface area contributed by atoms with Crippen LogP contribution in [0.2, 0.25) is 0 Å². The lowest BCUT2D eigenvalue weighted by Gasteiger charge is -2.13. The molecule has 114 valence electrons. The third-order valence-corrected chi connectivity index (χ3v) is 4.54. The Morgan fingerprint density at radius 2 is 1.13 bits per heavy atom. The highest BCUT2D eigenvalue weighted by Crippen LogP contribution is 2.36. The third-order valence-electron chi connectivity index (χ3n) is 3.69. The minimum absolute atomic E-state index is 0.857. The van der Waals surface area contributed by atoms with E-state index in [-0.39, 0.29) is 0 Å². The van der Waals surface area contributed by atoms with Gasteiger partial charge in [-0.05, 0) is 44.8 Å². The van der Waals surface area contributed by atoms with Crippen LogP contribution < -0.4 is 4.74 Å². The van der Waals surface area contributed by atoms with Crippen LogP contribution in [0.15, 0.2) is 84.9 Å². The van der Waals surface area contributed by atoms with Gasteiger partial charge in [-0.1, -0.05) is 72.8 Å². The first-order valence-corrected chi connectivity index (χ1v) is 8.24. The van der Waals surface area contributed by atoms with Crippen molar-refractivity contribution in [3.63, 3.8) is 0 Å². The van der Waals surface area contributed by atoms with Crippen molar-refractivity contribution >= 4 is 26.0 Å². The topological polar surface area (TPSA) is 9.23 Å². The summed E-state index contributed by atoms with van der Waals surface area (Å²) in [5, 5.41) is 0. The van der Waals surface area contributed by atoms with Gasteiger partial charge in [-0.3, -0.25) is 0 Å². The van der Waals surface area contributed by atoms with Crippen LogP contribution in [0.4, 0.5) is 0 Å². The van der Waals surface area contributed by atoms with Gasteiger partial charge < -0.3 is 4.74 Å². The second kappa shape index (κ2) is 7.30. The van der Waals surface area contributed by atoms with E-state index in [0.717, 1.165) is 15.8 Å². The summed E-state index contributed by atoms with van der Waals surface area (Å²) >= 11 is 3.81. The molecule has 3 aromatic rings. The van der Waals surface area contributed by atoms with E-state index in [2.05, 4.69) is 76.6 Å². The Labute approximate surface area is 145 Å². The number of ether oxygens (including phenoxy) is 1. The molecule has 0 radical (unpaired) electrons. The quantitative estimate of drug-likeness (QED) is 0.515. The molecule has 0 saturated carbocycles. The number of rotatable bonds is 4. The molecular weight excluding hydrogens is 348 g/mol. The lowest BCUT2D eigenvalue weighted by molar-refractivity contribution is 0.415. The van der Waals surface area contributed by atoms with Gasteiger partial charge in [-0.2, -0.15) is 0 Å². The summed E-state index contributed by atoms with van der Waals surface area (Å²) in [6.45, 7) is 0. The standard InChI is InChI=1S/C21H17BrO/c1-23-19-14-12-18(13-15-19)21(22)20(16-8-4-2-5-9-16)17-10-6-3-7-11-17/h2-15H,1H3. The molecular formula is C21H17BrO. The highest BCUT2D eigenvalue weighted by molar-refractivity contribution is 9.15. The highest BCUT2D eigenvalue weighted by atomic mass is 79.9. The molecule has 3 rings (SSSR count). The maximum absolute atomic E-state index is 5.25. The molecule has 0 aliphatic carbocycles. The minimum atomic E-state index is 0.857. The summed E-state index contributed by atoms with van der Waals surface area (Å²) < 4.78 is 6.31. The maximum Gasteiger partial charge on any atom is 0.118 e. The largest absolute Gasteiger partial charge is 0.497 e. The molecule has 3 aromatic carbocycles. The van der Waals surface area contributed by atoms with Crippen LogP contribution in [0, 0.1) is 0 Å². The lowest BCUT2D eigenvalue weighted by atomic mass is 9.95. The molecule has 0 atom stereocenters. The first kappa shape index (κ1) is 15.6. The second-order valence-corrected chi connectivity index (χ2v) is 5.94. The van der Waals surface area contributed by atoms with Gasteiger partial charge in [0, 0.05) is 10.1 Å². The molecule has 2 heteroatoms. The average molecular weight is 365 g/mol. The summed E-state index contributed by atoms with van der Waals surface area (Å²) in [5.41, 5.74) is 4.66. The van der Waals surface area contributed by atoms with Gasteiger partial charge in [-0.25, -0.2) is 0 Å². The van der Waals surface area contributed by atoms with E-state index in [1.807, 2.05) is 24.3 Å². The van der Waals surface area contributed by atoms with E-state index >= 15 is 0 Å². The first-order chi connectivity index (χ1) is 11.3. The van der Waals surface area contributed by atoms with Crippen molar-refractivity contribution in [2.24, 2.45) is 0 Å². The Hall–Kier alpha value is -2.32. The normalized spacial score (nSPS) is 10.2. The maximum atomic E-state index is 5.25. The second-order valence-electron chi connectivity index (χ2n) is 5.15. The van der Waals surface area contributed by atoms with Gasteiger partial charge in [-0.15, -0.1) is 0 Å². The van der Waals surface area contributed by atoms with Crippen molar-refractivity contribution in [1.82, 2.24) is 0 Å². The van der Waals surface area contributed by atoms with Crippen molar-refractivity contribution in [1.29, 1.82) is 0 Å². The predicted octanol–water partition coefficient (Wildman–Crippen LogP) is 6.01. The molecule has 0 aliphatic rings. The van der Waals surface area contributed by atoms with E-state index in [0.29, 0.717) is 0 Å². The molecule has 0 spiro atoms. The molecule has 23 heavy (non-hydrogen) atoms. The van der Waals surface area contributed by atoms with E-state index in [1.54, 1.807) is 7.11 Å². The van der Waals surface area contributed by atoms with Crippen molar-refractivity contribution < 1.29 is 4.74 Å². The van der Waals surface area contributed by atoms with Gasteiger partial charge in [0.25, 0.3) is 0 Å². The Kier molecular flexibility index (Phi) is 4.94. The summed E-state index contributed by atoms with van der Waals surface area (Å²) in [6.07, 6.45) is 0. The zero-order valence-corrected chi connectivity index (χ0v) is 14.5. The number of hydrogen-bond donors (Lipinski definition) is 0. The van der Waals surface area contributed by atoms with Crippen LogP contribution in [-0.2, 0) is 0 Å². The number of halogens is 1. The van der Waals surface area contributed by atoms with E-state index < -0.39 is 0 Å². The van der Waals surface area contributed by atoms with Crippen LogP contribution in [0.3, 0.4) is 0 Å². The van der Waals surface area contributed by atoms with Crippen molar-refractivity contribution in [3.05, 3.63) is 102 Å². The molecule has 0 heterocycles. The monoisotopic (exact) mass is 364 g/mol. The molecule has 0 fully saturated rings. The van der Waals surface area contributed by atoms with E-state index in [1.165, 1.54) is 16.7 Å². The Balaban J connectivity index is 2.16. The van der Waals surface area contributed by atoms with E-state index in [9.17, 15) is 0 Å². The summed E-state index contributed by atoms with van der Waals surface area (Å²) in [4.78, 5) is 0. The van der Waals surface area contributed by atoms with Gasteiger partial charge in [0.1, 0.15) is 5.75 Å². The summed E-state index contributed by atoms with van der Waals surface area (Å²) in [7, 11) is 1.68. The molecule has 1 nitrogen and oxygen atoms in total. The molecule has 0 unspecified atom stereocenters. The zero-order valence-electron chi connectivity index (χ0n) is 12.9. The first-order valence-electron chi connectivity index (χ1n) is 7.44. The van der Waals surface area contributed by atoms with Crippen LogP contribution >= 0.6 is 15.9 Å². The van der Waals surface area contributed by atoms with Crippen LogP contribution in [0.1, 0.15) is 16.7 Å². The average Bonchev–Trinajstić information content (AvgIpc) is 2.64. The number of hydrogen-bond acceptors (Lipinski definition) is 1. The van der Waals surface area contributed by atoms with Crippen molar-refractivity contribution in [2.45, 2.75) is 0 Å². The number of methoxy groups -OCH3 is 1. The fraction of sp³-hybridized carbons (Fsp3) is 0.0476. The summed E-state index contributed by atoms with van der Waals surface area (Å²) in [5.74, 6) is 0.857. The fourth-order valence-electron chi connectivity index (χ4n) is 2.51. The predicted molar refractivity (Wildman–Crippen MR) is 101 cm³/mol. The highest BCUT2D eigenvalue weighted by Gasteiger charge is 2.11. The van der Waals surface area contributed by atoms with Gasteiger partial charge in [0.2, 0.25) is 0 Å². The SMILES string of the molecule is COc1ccc(C(Br)=C(c2ccccc2)c2ccccc2)cc1. The van der Waals surface area contributed by atoms with Gasteiger partial charge in [0.05, 0.1) is 7.11 Å². The van der Waals surface area contributed by atoms with Gasteiger partial charge in [0.15, 0.2) is 0 Å². The summed E-state index contributed by atoms with van der Waals surface area (Å²) in [6, 6.07) is 28.9. The van der Waals surface area contributed by atoms with E-state index in [4.69, 9.17) is 4.74 Å². The molecule has 0 aromatic heterocycles. The van der Waals surface area contributed by atoms with Gasteiger partial charge >= 0.3 is 0 Å². The molecule has 0 saturated heterocycles. The smallest absolute Gasteiger partial charge is 0.118 e. The van der Waals surface area contributed by atoms with Crippen LogP contribution in [0.5, 0.6) is 5.75 Å². The van der Waals surface area contributed by atoms with Crippen LogP contribution in [-0.4, -0.2) is 7.11 Å².